The normalized spacial score (nSPS) is 10.0. The molecule has 0 aromatic carbocycles. The summed E-state index contributed by atoms with van der Waals surface area (Å²) in [6.45, 7) is 0. The Labute approximate surface area is 67.0 Å². The van der Waals surface area contributed by atoms with E-state index in [0.717, 1.165) is 0 Å². The lowest BCUT2D eigenvalue weighted by atomic mass is 10.4. The minimum absolute atomic E-state index is 1.26. The highest BCUT2D eigenvalue weighted by molar-refractivity contribution is 7.20. The molecule has 0 N–H and O–H groups in total. The van der Waals surface area contributed by atoms with Gasteiger partial charge in [0.1, 0.15) is 0 Å². The lowest BCUT2D eigenvalue weighted by Crippen LogP contribution is -1.57. The summed E-state index contributed by atoms with van der Waals surface area (Å²) in [5.41, 5.74) is 1.86. The highest BCUT2D eigenvalue weighted by Crippen LogP contribution is 2.26. The van der Waals surface area contributed by atoms with Crippen LogP contribution >= 0.6 is 22.7 Å². The molecule has 50 valence electrons. The topological polar surface area (TPSA) is 12.9 Å². The van der Waals surface area contributed by atoms with Gasteiger partial charge >= 0.3 is 0 Å². The molecular formula is C7H5NS2. The van der Waals surface area contributed by atoms with Crippen LogP contribution in [0.2, 0.25) is 0 Å². The summed E-state index contributed by atoms with van der Waals surface area (Å²) in [6, 6.07) is 4.16. The van der Waals surface area contributed by atoms with Gasteiger partial charge in [-0.05, 0) is 11.4 Å². The molecule has 0 aliphatic rings. The van der Waals surface area contributed by atoms with E-state index in [4.69, 9.17) is 0 Å². The first-order valence-corrected chi connectivity index (χ1v) is 4.65. The lowest BCUT2D eigenvalue weighted by molar-refractivity contribution is 1.43. The van der Waals surface area contributed by atoms with E-state index in [1.165, 1.54) is 9.75 Å². The predicted octanol–water partition coefficient (Wildman–Crippen LogP) is 2.87. The van der Waals surface area contributed by atoms with Gasteiger partial charge in [-0.15, -0.1) is 22.7 Å². The predicted molar refractivity (Wildman–Crippen MR) is 45.4 cm³/mol. The summed E-state index contributed by atoms with van der Waals surface area (Å²) in [4.78, 5) is 6.57. The van der Waals surface area contributed by atoms with Gasteiger partial charge in [0.05, 0.1) is 10.4 Å². The van der Waals surface area contributed by atoms with Gasteiger partial charge in [-0.25, -0.2) is 0 Å². The molecule has 0 spiro atoms. The van der Waals surface area contributed by atoms with Gasteiger partial charge in [0.25, 0.3) is 0 Å². The molecule has 2 aromatic rings. The molecule has 10 heavy (non-hydrogen) atoms. The van der Waals surface area contributed by atoms with Gasteiger partial charge in [0.2, 0.25) is 0 Å². The van der Waals surface area contributed by atoms with E-state index in [1.54, 1.807) is 22.7 Å². The van der Waals surface area contributed by atoms with Gasteiger partial charge in [0.15, 0.2) is 0 Å². The van der Waals surface area contributed by atoms with Crippen LogP contribution in [0.25, 0.3) is 9.75 Å². The van der Waals surface area contributed by atoms with Gasteiger partial charge in [-0.2, -0.15) is 0 Å². The van der Waals surface area contributed by atoms with Crippen LogP contribution in [-0.2, 0) is 0 Å². The zero-order valence-electron chi connectivity index (χ0n) is 5.15. The summed E-state index contributed by atoms with van der Waals surface area (Å²) in [7, 11) is 0. The molecule has 0 radical (unpaired) electrons. The molecule has 2 rings (SSSR count). The van der Waals surface area contributed by atoms with E-state index >= 15 is 0 Å². The van der Waals surface area contributed by atoms with E-state index in [0.29, 0.717) is 0 Å². The first-order chi connectivity index (χ1) is 4.97. The molecule has 2 aromatic heterocycles. The fraction of sp³-hybridized carbons (Fsp3) is 0. The Kier molecular flexibility index (Phi) is 1.53. The minimum Gasteiger partial charge on any atom is -0.252 e. The smallest absolute Gasteiger partial charge is 0.0798 e. The highest BCUT2D eigenvalue weighted by Gasteiger charge is 1.97. The summed E-state index contributed by atoms with van der Waals surface area (Å²) < 4.78 is 0. The second kappa shape index (κ2) is 2.52. The third-order valence-corrected chi connectivity index (χ3v) is 3.04. The average Bonchev–Trinajstić information content (AvgIpc) is 2.59. The number of thiazole rings is 1. The van der Waals surface area contributed by atoms with Gasteiger partial charge in [-0.1, -0.05) is 6.07 Å². The molecule has 0 atom stereocenters. The van der Waals surface area contributed by atoms with Crippen LogP contribution in [0.5, 0.6) is 0 Å². The maximum atomic E-state index is 4.00. The molecule has 0 aliphatic carbocycles. The monoisotopic (exact) mass is 167 g/mol. The maximum absolute atomic E-state index is 4.00. The lowest BCUT2D eigenvalue weighted by Gasteiger charge is -1.83. The summed E-state index contributed by atoms with van der Waals surface area (Å²) in [5, 5.41) is 2.08. The molecule has 0 fully saturated rings. The Morgan fingerprint density at radius 3 is 2.80 bits per heavy atom. The minimum atomic E-state index is 1.26. The van der Waals surface area contributed by atoms with Crippen LogP contribution in [0.3, 0.4) is 0 Å². The third-order valence-electron chi connectivity index (χ3n) is 1.20. The van der Waals surface area contributed by atoms with Crippen LogP contribution in [0.1, 0.15) is 0 Å². The van der Waals surface area contributed by atoms with Crippen molar-refractivity contribution in [2.75, 3.05) is 0 Å². The molecule has 0 aliphatic heterocycles. The molecular weight excluding hydrogens is 162 g/mol. The third kappa shape index (κ3) is 0.978. The number of aromatic nitrogens is 1. The number of hydrogen-bond donors (Lipinski definition) is 0. The van der Waals surface area contributed by atoms with Gasteiger partial charge < -0.3 is 0 Å². The van der Waals surface area contributed by atoms with Crippen LogP contribution in [-0.4, -0.2) is 4.98 Å². The van der Waals surface area contributed by atoms with Crippen molar-refractivity contribution in [1.29, 1.82) is 0 Å². The molecule has 0 saturated carbocycles. The summed E-state index contributed by atoms with van der Waals surface area (Å²) in [5.74, 6) is 0. The highest BCUT2D eigenvalue weighted by atomic mass is 32.1. The van der Waals surface area contributed by atoms with E-state index in [2.05, 4.69) is 22.5 Å². The van der Waals surface area contributed by atoms with Crippen molar-refractivity contribution in [3.63, 3.8) is 0 Å². The molecule has 0 unspecified atom stereocenters. The molecule has 3 heteroatoms. The standard InChI is InChI=1S/C7H5NS2/c1-2-6(9-3-1)7-4-8-5-10-7/h1-5H. The Balaban J connectivity index is 2.48. The molecule has 0 saturated heterocycles. The molecule has 0 amide bonds. The summed E-state index contributed by atoms with van der Waals surface area (Å²) >= 11 is 3.43. The first-order valence-electron chi connectivity index (χ1n) is 2.89. The Hall–Kier alpha value is -0.670. The second-order valence-corrected chi connectivity index (χ2v) is 3.68. The fourth-order valence-corrected chi connectivity index (χ4v) is 2.22. The zero-order chi connectivity index (χ0) is 6.81. The number of nitrogens with zero attached hydrogens (tertiary/aromatic N) is 1. The Morgan fingerprint density at radius 2 is 2.20 bits per heavy atom. The van der Waals surface area contributed by atoms with Crippen molar-refractivity contribution in [2.24, 2.45) is 0 Å². The van der Waals surface area contributed by atoms with Crippen molar-refractivity contribution in [3.8, 4) is 9.75 Å². The number of hydrogen-bond acceptors (Lipinski definition) is 3. The summed E-state index contributed by atoms with van der Waals surface area (Å²) in [6.07, 6.45) is 1.90. The van der Waals surface area contributed by atoms with E-state index < -0.39 is 0 Å². The Bertz CT molecular complexity index is 251. The van der Waals surface area contributed by atoms with E-state index in [9.17, 15) is 0 Å². The van der Waals surface area contributed by atoms with Crippen LogP contribution < -0.4 is 0 Å². The molecule has 2 heterocycles. The van der Waals surface area contributed by atoms with Crippen LogP contribution in [0.4, 0.5) is 0 Å². The first kappa shape index (κ1) is 6.07. The number of rotatable bonds is 1. The second-order valence-electron chi connectivity index (χ2n) is 1.84. The van der Waals surface area contributed by atoms with Gasteiger partial charge in [0, 0.05) is 11.1 Å². The zero-order valence-corrected chi connectivity index (χ0v) is 6.78. The molecule has 0 bridgehead atoms. The SMILES string of the molecule is c1csc(-c2cncs2)c1. The quantitative estimate of drug-likeness (QED) is 0.636. The van der Waals surface area contributed by atoms with E-state index in [-0.39, 0.29) is 0 Å². The van der Waals surface area contributed by atoms with Crippen LogP contribution in [0.15, 0.2) is 29.2 Å². The van der Waals surface area contributed by atoms with Gasteiger partial charge in [-0.3, -0.25) is 4.98 Å². The average molecular weight is 167 g/mol. The number of thiophene rings is 1. The van der Waals surface area contributed by atoms with Crippen molar-refractivity contribution in [1.82, 2.24) is 4.98 Å². The largest absolute Gasteiger partial charge is 0.252 e. The maximum Gasteiger partial charge on any atom is 0.0798 e. The van der Waals surface area contributed by atoms with Crippen molar-refractivity contribution in [3.05, 3.63) is 29.2 Å². The Morgan fingerprint density at radius 1 is 1.20 bits per heavy atom. The van der Waals surface area contributed by atoms with E-state index in [1.807, 2.05) is 11.7 Å². The van der Waals surface area contributed by atoms with Crippen molar-refractivity contribution < 1.29 is 0 Å². The van der Waals surface area contributed by atoms with Crippen molar-refractivity contribution >= 4 is 22.7 Å². The van der Waals surface area contributed by atoms with Crippen molar-refractivity contribution in [2.45, 2.75) is 0 Å². The molecule has 1 nitrogen and oxygen atoms in total. The van der Waals surface area contributed by atoms with Crippen LogP contribution in [0, 0.1) is 0 Å². The fourth-order valence-electron chi connectivity index (χ4n) is 0.756.